The van der Waals surface area contributed by atoms with Crippen LogP contribution in [0.5, 0.6) is 0 Å². The number of aromatic nitrogens is 1. The molecule has 3 heterocycles. The van der Waals surface area contributed by atoms with Crippen LogP contribution in [0, 0.1) is 5.82 Å². The first-order valence-corrected chi connectivity index (χ1v) is 11.1. The Morgan fingerprint density at radius 1 is 1.00 bits per heavy atom. The van der Waals surface area contributed by atoms with Crippen molar-refractivity contribution in [3.8, 4) is 0 Å². The van der Waals surface area contributed by atoms with E-state index in [9.17, 15) is 9.18 Å². The maximum absolute atomic E-state index is 13.4. The number of benzene rings is 2. The fourth-order valence-electron chi connectivity index (χ4n) is 4.75. The average Bonchev–Trinajstić information content (AvgIpc) is 3.22. The van der Waals surface area contributed by atoms with Gasteiger partial charge in [-0.25, -0.2) is 9.18 Å². The summed E-state index contributed by atoms with van der Waals surface area (Å²) in [4.78, 5) is 19.2. The summed E-state index contributed by atoms with van der Waals surface area (Å²) in [5, 5.41) is 5.15. The quantitative estimate of drug-likeness (QED) is 0.608. The SMILES string of the molecule is O=C1N(CCN2CCC(c3noc4cc(F)ccc34)CC2)CCCN1c1ccccc1. The topological polar surface area (TPSA) is 52.8 Å². The molecule has 2 aliphatic heterocycles. The van der Waals surface area contributed by atoms with Crippen LogP contribution < -0.4 is 4.90 Å². The highest BCUT2D eigenvalue weighted by molar-refractivity contribution is 5.92. The molecule has 5 rings (SSSR count). The summed E-state index contributed by atoms with van der Waals surface area (Å²) in [6.07, 6.45) is 2.97. The Labute approximate surface area is 181 Å². The lowest BCUT2D eigenvalue weighted by molar-refractivity contribution is 0.164. The van der Waals surface area contributed by atoms with Crippen molar-refractivity contribution in [3.63, 3.8) is 0 Å². The molecule has 7 heteroatoms. The lowest BCUT2D eigenvalue weighted by atomic mass is 9.91. The Bertz CT molecular complexity index is 1050. The van der Waals surface area contributed by atoms with E-state index in [1.807, 2.05) is 40.1 Å². The predicted octanol–water partition coefficient (Wildman–Crippen LogP) is 4.48. The Hall–Kier alpha value is -2.93. The minimum atomic E-state index is -0.303. The molecule has 162 valence electrons. The monoisotopic (exact) mass is 422 g/mol. The van der Waals surface area contributed by atoms with Gasteiger partial charge in [0.25, 0.3) is 0 Å². The van der Waals surface area contributed by atoms with Gasteiger partial charge in [0, 0.05) is 49.2 Å². The third kappa shape index (κ3) is 4.14. The standard InChI is InChI=1S/C24H27FN4O2/c25-19-7-8-21-22(17-19)31-26-23(21)18-9-13-27(14-10-18)15-16-28-11-4-12-29(24(28)30)20-5-2-1-3-6-20/h1-3,5-8,17-18H,4,9-16H2. The van der Waals surface area contributed by atoms with Crippen LogP contribution >= 0.6 is 0 Å². The van der Waals surface area contributed by atoms with Gasteiger partial charge in [-0.15, -0.1) is 0 Å². The van der Waals surface area contributed by atoms with Crippen LogP contribution in [0.2, 0.25) is 0 Å². The molecule has 31 heavy (non-hydrogen) atoms. The molecule has 0 aliphatic carbocycles. The van der Waals surface area contributed by atoms with Crippen molar-refractivity contribution in [2.24, 2.45) is 0 Å². The van der Waals surface area contributed by atoms with E-state index in [1.165, 1.54) is 12.1 Å². The third-order valence-corrected chi connectivity index (χ3v) is 6.50. The van der Waals surface area contributed by atoms with Gasteiger partial charge in [-0.1, -0.05) is 23.4 Å². The Balaban J connectivity index is 1.15. The number of amides is 2. The number of likely N-dealkylation sites (tertiary alicyclic amines) is 1. The summed E-state index contributed by atoms with van der Waals surface area (Å²) >= 11 is 0. The fraction of sp³-hybridized carbons (Fsp3) is 0.417. The van der Waals surface area contributed by atoms with Crippen molar-refractivity contribution in [3.05, 3.63) is 60.0 Å². The average molecular weight is 423 g/mol. The molecule has 0 saturated carbocycles. The van der Waals surface area contributed by atoms with Gasteiger partial charge < -0.3 is 14.3 Å². The summed E-state index contributed by atoms with van der Waals surface area (Å²) in [7, 11) is 0. The van der Waals surface area contributed by atoms with Gasteiger partial charge >= 0.3 is 6.03 Å². The molecule has 2 saturated heterocycles. The molecular weight excluding hydrogens is 395 g/mol. The number of nitrogens with zero attached hydrogens (tertiary/aromatic N) is 4. The molecule has 0 radical (unpaired) electrons. The van der Waals surface area contributed by atoms with Gasteiger partial charge in [-0.3, -0.25) is 4.90 Å². The highest BCUT2D eigenvalue weighted by Crippen LogP contribution is 2.32. The molecule has 0 bridgehead atoms. The second-order valence-electron chi connectivity index (χ2n) is 8.43. The number of anilines is 1. The summed E-state index contributed by atoms with van der Waals surface area (Å²) < 4.78 is 18.7. The van der Waals surface area contributed by atoms with Crippen LogP contribution in [-0.4, -0.2) is 60.3 Å². The molecule has 6 nitrogen and oxygen atoms in total. The van der Waals surface area contributed by atoms with Crippen LogP contribution in [0.4, 0.5) is 14.9 Å². The van der Waals surface area contributed by atoms with Gasteiger partial charge in [0.1, 0.15) is 5.82 Å². The van der Waals surface area contributed by atoms with E-state index in [0.29, 0.717) is 11.5 Å². The van der Waals surface area contributed by atoms with Gasteiger partial charge in [0.15, 0.2) is 5.58 Å². The summed E-state index contributed by atoms with van der Waals surface area (Å²) in [5.41, 5.74) is 2.43. The molecule has 0 unspecified atom stereocenters. The number of urea groups is 1. The van der Waals surface area contributed by atoms with Gasteiger partial charge in [-0.2, -0.15) is 0 Å². The molecule has 0 N–H and O–H groups in total. The zero-order valence-electron chi connectivity index (χ0n) is 17.5. The fourth-order valence-corrected chi connectivity index (χ4v) is 4.75. The van der Waals surface area contributed by atoms with Crippen LogP contribution in [-0.2, 0) is 0 Å². The summed E-state index contributed by atoms with van der Waals surface area (Å²) in [5.74, 6) is 0.0243. The van der Waals surface area contributed by atoms with Crippen molar-refractivity contribution in [2.45, 2.75) is 25.2 Å². The molecule has 2 amide bonds. The van der Waals surface area contributed by atoms with E-state index in [1.54, 1.807) is 6.07 Å². The van der Waals surface area contributed by atoms with E-state index in [-0.39, 0.29) is 11.8 Å². The summed E-state index contributed by atoms with van der Waals surface area (Å²) in [6, 6.07) is 14.6. The van der Waals surface area contributed by atoms with Crippen LogP contribution in [0.3, 0.4) is 0 Å². The van der Waals surface area contributed by atoms with E-state index < -0.39 is 0 Å². The highest BCUT2D eigenvalue weighted by Gasteiger charge is 2.28. The highest BCUT2D eigenvalue weighted by atomic mass is 19.1. The Morgan fingerprint density at radius 3 is 2.61 bits per heavy atom. The van der Waals surface area contributed by atoms with Gasteiger partial charge in [0.2, 0.25) is 0 Å². The van der Waals surface area contributed by atoms with Crippen molar-refractivity contribution < 1.29 is 13.7 Å². The third-order valence-electron chi connectivity index (χ3n) is 6.50. The minimum absolute atomic E-state index is 0.105. The normalized spacial score (nSPS) is 18.8. The largest absolute Gasteiger partial charge is 0.356 e. The van der Waals surface area contributed by atoms with Crippen molar-refractivity contribution in [2.75, 3.05) is 44.2 Å². The number of carbonyl (C=O) groups is 1. The van der Waals surface area contributed by atoms with E-state index in [0.717, 1.165) is 75.3 Å². The minimum Gasteiger partial charge on any atom is -0.356 e. The van der Waals surface area contributed by atoms with Gasteiger partial charge in [-0.05, 0) is 56.6 Å². The van der Waals surface area contributed by atoms with Crippen LogP contribution in [0.1, 0.15) is 30.9 Å². The maximum Gasteiger partial charge on any atom is 0.324 e. The first-order valence-electron chi connectivity index (χ1n) is 11.1. The zero-order valence-corrected chi connectivity index (χ0v) is 17.5. The molecule has 2 aliphatic rings. The lowest BCUT2D eigenvalue weighted by Crippen LogP contribution is -2.51. The molecule has 1 aromatic heterocycles. The molecule has 2 aromatic carbocycles. The number of hydrogen-bond donors (Lipinski definition) is 0. The first-order chi connectivity index (χ1) is 15.2. The number of para-hydroxylation sites is 1. The number of halogens is 1. The lowest BCUT2D eigenvalue weighted by Gasteiger charge is -2.38. The molecule has 2 fully saturated rings. The van der Waals surface area contributed by atoms with Gasteiger partial charge in [0.05, 0.1) is 5.69 Å². The molecule has 3 aromatic rings. The smallest absolute Gasteiger partial charge is 0.324 e. The second-order valence-corrected chi connectivity index (χ2v) is 8.43. The van der Waals surface area contributed by atoms with Crippen LogP contribution in [0.15, 0.2) is 53.1 Å². The van der Waals surface area contributed by atoms with Crippen molar-refractivity contribution in [1.29, 1.82) is 0 Å². The molecular formula is C24H27FN4O2. The molecule has 0 spiro atoms. The number of rotatable bonds is 5. The number of piperidine rings is 1. The molecule has 0 atom stereocenters. The van der Waals surface area contributed by atoms with E-state index in [4.69, 9.17) is 4.52 Å². The Morgan fingerprint density at radius 2 is 1.81 bits per heavy atom. The number of carbonyl (C=O) groups excluding carboxylic acids is 1. The number of hydrogen-bond acceptors (Lipinski definition) is 4. The second kappa shape index (κ2) is 8.67. The van der Waals surface area contributed by atoms with Crippen molar-refractivity contribution >= 4 is 22.7 Å². The van der Waals surface area contributed by atoms with Crippen LogP contribution in [0.25, 0.3) is 11.0 Å². The Kier molecular flexibility index (Phi) is 5.59. The predicted molar refractivity (Wildman–Crippen MR) is 118 cm³/mol. The number of fused-ring (bicyclic) bond motifs is 1. The first kappa shape index (κ1) is 20.0. The van der Waals surface area contributed by atoms with E-state index >= 15 is 0 Å². The van der Waals surface area contributed by atoms with E-state index in [2.05, 4.69) is 10.1 Å². The maximum atomic E-state index is 13.4. The summed E-state index contributed by atoms with van der Waals surface area (Å²) in [6.45, 7) is 5.15. The van der Waals surface area contributed by atoms with Crippen molar-refractivity contribution in [1.82, 2.24) is 15.0 Å². The zero-order chi connectivity index (χ0) is 21.2.